The van der Waals surface area contributed by atoms with E-state index in [0.29, 0.717) is 11.1 Å². The molecule has 1 N–H and O–H groups in total. The third-order valence-corrected chi connectivity index (χ3v) is 4.15. The van der Waals surface area contributed by atoms with Crippen LogP contribution in [0.25, 0.3) is 5.57 Å². The minimum Gasteiger partial charge on any atom is -0.467 e. The van der Waals surface area contributed by atoms with Crippen LogP contribution in [0, 0.1) is 10.1 Å². The van der Waals surface area contributed by atoms with E-state index in [1.807, 2.05) is 0 Å². The Kier molecular flexibility index (Phi) is 6.93. The van der Waals surface area contributed by atoms with Crippen molar-refractivity contribution in [1.82, 2.24) is 5.32 Å². The number of methoxy groups -OCH3 is 1. The average molecular weight is 422 g/mol. The number of nitro benzene ring substituents is 1. The highest BCUT2D eigenvalue weighted by molar-refractivity contribution is 5.97. The van der Waals surface area contributed by atoms with Gasteiger partial charge in [0.1, 0.15) is 0 Å². The minimum atomic E-state index is -4.62. The molecule has 30 heavy (non-hydrogen) atoms. The molecule has 0 aromatic heterocycles. The van der Waals surface area contributed by atoms with Crippen LogP contribution in [0.2, 0.25) is 0 Å². The molecule has 2 aromatic rings. The smallest absolute Gasteiger partial charge is 0.416 e. The number of rotatable bonds is 6. The highest BCUT2D eigenvalue weighted by atomic mass is 19.4. The quantitative estimate of drug-likeness (QED) is 0.328. The number of halogens is 3. The first-order valence-electron chi connectivity index (χ1n) is 8.51. The van der Waals surface area contributed by atoms with Crippen molar-refractivity contribution in [2.24, 2.45) is 0 Å². The number of hydrogen-bond acceptors (Lipinski definition) is 5. The summed E-state index contributed by atoms with van der Waals surface area (Å²) in [6.45, 7) is 1.57. The van der Waals surface area contributed by atoms with Crippen molar-refractivity contribution in [3.05, 3.63) is 81.4 Å². The second kappa shape index (κ2) is 9.21. The van der Waals surface area contributed by atoms with E-state index in [1.54, 1.807) is 6.92 Å². The van der Waals surface area contributed by atoms with E-state index < -0.39 is 34.6 Å². The fourth-order valence-electron chi connectivity index (χ4n) is 2.60. The number of esters is 1. The third kappa shape index (κ3) is 5.66. The minimum absolute atomic E-state index is 0.0913. The third-order valence-electron chi connectivity index (χ3n) is 4.15. The number of ether oxygens (including phenoxy) is 1. The van der Waals surface area contributed by atoms with Gasteiger partial charge < -0.3 is 10.1 Å². The fraction of sp³-hybridized carbons (Fsp3) is 0.200. The number of hydrogen-bond donors (Lipinski definition) is 1. The summed E-state index contributed by atoms with van der Waals surface area (Å²) in [7, 11) is 1.05. The Hall–Kier alpha value is -3.69. The lowest BCUT2D eigenvalue weighted by molar-refractivity contribution is -0.384. The summed E-state index contributed by atoms with van der Waals surface area (Å²) in [5.74, 6) is -1.69. The number of alkyl halides is 3. The number of carbonyl (C=O) groups is 2. The molecule has 7 nitrogen and oxygen atoms in total. The number of nitro groups is 1. The lowest BCUT2D eigenvalue weighted by Crippen LogP contribution is -2.33. The van der Waals surface area contributed by atoms with E-state index in [0.717, 1.165) is 31.4 Å². The van der Waals surface area contributed by atoms with Crippen molar-refractivity contribution in [2.45, 2.75) is 19.1 Å². The van der Waals surface area contributed by atoms with Crippen LogP contribution in [-0.4, -0.2) is 23.9 Å². The molecule has 1 amide bonds. The first-order valence-corrected chi connectivity index (χ1v) is 8.51. The zero-order valence-electron chi connectivity index (χ0n) is 15.9. The van der Waals surface area contributed by atoms with Crippen molar-refractivity contribution in [1.29, 1.82) is 0 Å². The van der Waals surface area contributed by atoms with Crippen molar-refractivity contribution in [3.8, 4) is 0 Å². The first-order chi connectivity index (χ1) is 14.0. The molecule has 2 aromatic carbocycles. The van der Waals surface area contributed by atoms with E-state index in [4.69, 9.17) is 0 Å². The summed E-state index contributed by atoms with van der Waals surface area (Å²) in [5.41, 5.74) is -0.238. The second-order valence-corrected chi connectivity index (χ2v) is 6.22. The van der Waals surface area contributed by atoms with Crippen molar-refractivity contribution < 1.29 is 32.4 Å². The molecule has 0 fully saturated rings. The van der Waals surface area contributed by atoms with Gasteiger partial charge in [-0.1, -0.05) is 12.1 Å². The molecule has 1 atom stereocenters. The van der Waals surface area contributed by atoms with E-state index in [1.165, 1.54) is 30.3 Å². The normalized spacial score (nSPS) is 12.8. The Labute approximate surface area is 169 Å². The van der Waals surface area contributed by atoms with Crippen LogP contribution in [0.4, 0.5) is 18.9 Å². The van der Waals surface area contributed by atoms with Crippen LogP contribution in [0.15, 0.2) is 54.6 Å². The molecular weight excluding hydrogens is 405 g/mol. The molecule has 158 valence electrons. The summed E-state index contributed by atoms with van der Waals surface area (Å²) in [6, 6.07) is 7.97. The molecule has 0 radical (unpaired) electrons. The molecule has 10 heteroatoms. The predicted octanol–water partition coefficient (Wildman–Crippen LogP) is 4.05. The zero-order valence-corrected chi connectivity index (χ0v) is 15.9. The SMILES string of the molecule is COC(=O)C(NC(=O)C=C(C)c1ccc([N+](=O)[O-])cc1)c1cccc(C(F)(F)F)c1. The molecule has 0 aliphatic carbocycles. The Bertz CT molecular complexity index is 985. The van der Waals surface area contributed by atoms with Crippen molar-refractivity contribution in [2.75, 3.05) is 7.11 Å². The largest absolute Gasteiger partial charge is 0.467 e. The van der Waals surface area contributed by atoms with E-state index in [9.17, 15) is 32.9 Å². The van der Waals surface area contributed by atoms with Crippen LogP contribution in [0.3, 0.4) is 0 Å². The van der Waals surface area contributed by atoms with E-state index in [2.05, 4.69) is 10.1 Å². The standard InChI is InChI=1S/C20H17F3N2O5/c1-12(13-6-8-16(9-7-13)25(28)29)10-17(26)24-18(19(27)30-2)14-4-3-5-15(11-14)20(21,22)23/h3-11,18H,1-2H3,(H,24,26). The number of allylic oxidation sites excluding steroid dienone is 1. The maximum absolute atomic E-state index is 13.0. The lowest BCUT2D eigenvalue weighted by Gasteiger charge is -2.17. The molecule has 0 saturated heterocycles. The van der Waals surface area contributed by atoms with Crippen LogP contribution < -0.4 is 5.32 Å². The number of non-ortho nitro benzene ring substituents is 1. The monoisotopic (exact) mass is 422 g/mol. The Morgan fingerprint density at radius 3 is 2.33 bits per heavy atom. The molecular formula is C20H17F3N2O5. The molecule has 0 heterocycles. The Balaban J connectivity index is 2.26. The molecule has 0 saturated carbocycles. The molecule has 0 bridgehead atoms. The van der Waals surface area contributed by atoms with Gasteiger partial charge in [0.2, 0.25) is 5.91 Å². The highest BCUT2D eigenvalue weighted by Gasteiger charge is 2.32. The first kappa shape index (κ1) is 22.6. The van der Waals surface area contributed by atoms with Gasteiger partial charge in [0.25, 0.3) is 5.69 Å². The predicted molar refractivity (Wildman–Crippen MR) is 101 cm³/mol. The Morgan fingerprint density at radius 2 is 1.80 bits per heavy atom. The fourth-order valence-corrected chi connectivity index (χ4v) is 2.60. The second-order valence-electron chi connectivity index (χ2n) is 6.22. The van der Waals surface area contributed by atoms with Gasteiger partial charge in [0.15, 0.2) is 6.04 Å². The summed E-state index contributed by atoms with van der Waals surface area (Å²) < 4.78 is 43.5. The number of benzene rings is 2. The summed E-state index contributed by atoms with van der Waals surface area (Å²) >= 11 is 0. The number of nitrogens with zero attached hydrogens (tertiary/aromatic N) is 1. The number of nitrogens with one attached hydrogen (secondary N) is 1. The molecule has 0 aliphatic heterocycles. The number of carbonyl (C=O) groups excluding carboxylic acids is 2. The zero-order chi connectivity index (χ0) is 22.5. The molecule has 1 unspecified atom stereocenters. The summed E-state index contributed by atoms with van der Waals surface area (Å²) in [4.78, 5) is 34.6. The van der Waals surface area contributed by atoms with E-state index in [-0.39, 0.29) is 11.3 Å². The van der Waals surface area contributed by atoms with Crippen molar-refractivity contribution in [3.63, 3.8) is 0 Å². The van der Waals surface area contributed by atoms with Crippen LogP contribution >= 0.6 is 0 Å². The van der Waals surface area contributed by atoms with Gasteiger partial charge in [-0.05, 0) is 47.9 Å². The maximum Gasteiger partial charge on any atom is 0.416 e. The van der Waals surface area contributed by atoms with Gasteiger partial charge in [-0.3, -0.25) is 14.9 Å². The van der Waals surface area contributed by atoms with Crippen LogP contribution in [0.5, 0.6) is 0 Å². The molecule has 2 rings (SSSR count). The van der Waals surface area contributed by atoms with Crippen LogP contribution in [-0.2, 0) is 20.5 Å². The van der Waals surface area contributed by atoms with E-state index >= 15 is 0 Å². The number of amides is 1. The molecule has 0 aliphatic rings. The van der Waals surface area contributed by atoms with Crippen LogP contribution in [0.1, 0.15) is 29.7 Å². The lowest BCUT2D eigenvalue weighted by atomic mass is 10.0. The highest BCUT2D eigenvalue weighted by Crippen LogP contribution is 2.31. The van der Waals surface area contributed by atoms with Gasteiger partial charge in [0.05, 0.1) is 17.6 Å². The van der Waals surface area contributed by atoms with Gasteiger partial charge in [-0.15, -0.1) is 0 Å². The van der Waals surface area contributed by atoms with Gasteiger partial charge in [-0.2, -0.15) is 13.2 Å². The van der Waals surface area contributed by atoms with Gasteiger partial charge in [-0.25, -0.2) is 4.79 Å². The van der Waals surface area contributed by atoms with Crippen molar-refractivity contribution >= 4 is 23.1 Å². The summed E-state index contributed by atoms with van der Waals surface area (Å²) in [6.07, 6.45) is -3.49. The topological polar surface area (TPSA) is 98.5 Å². The molecule has 0 spiro atoms. The maximum atomic E-state index is 13.0. The van der Waals surface area contributed by atoms with Gasteiger partial charge in [0, 0.05) is 18.2 Å². The van der Waals surface area contributed by atoms with Gasteiger partial charge >= 0.3 is 12.1 Å². The Morgan fingerprint density at radius 1 is 1.17 bits per heavy atom. The average Bonchev–Trinajstić information content (AvgIpc) is 2.71. The summed E-state index contributed by atoms with van der Waals surface area (Å²) in [5, 5.41) is 13.0.